The number of carbonyl (C=O) groups excluding carboxylic acids is 2. The van der Waals surface area contributed by atoms with E-state index in [1.54, 1.807) is 35.8 Å². The number of nitrogens with one attached hydrogen (secondary N) is 2. The first-order valence-electron chi connectivity index (χ1n) is 10.4. The van der Waals surface area contributed by atoms with E-state index < -0.39 is 11.9 Å². The van der Waals surface area contributed by atoms with Crippen LogP contribution in [0.1, 0.15) is 40.3 Å². The number of nitrogens with zero attached hydrogens (tertiary/aromatic N) is 3. The van der Waals surface area contributed by atoms with Crippen LogP contribution < -0.4 is 10.6 Å². The van der Waals surface area contributed by atoms with E-state index in [4.69, 9.17) is 0 Å². The molecule has 9 heteroatoms. The van der Waals surface area contributed by atoms with Crippen molar-refractivity contribution in [3.05, 3.63) is 83.5 Å². The first-order chi connectivity index (χ1) is 15.8. The number of allylic oxidation sites excluding steroid dienone is 1. The summed E-state index contributed by atoms with van der Waals surface area (Å²) in [5.74, 6) is -0.298. The van der Waals surface area contributed by atoms with E-state index in [2.05, 4.69) is 27.4 Å². The van der Waals surface area contributed by atoms with Gasteiger partial charge in [0.1, 0.15) is 5.82 Å². The van der Waals surface area contributed by atoms with Crippen molar-refractivity contribution in [3.8, 4) is 0 Å². The van der Waals surface area contributed by atoms with Crippen molar-refractivity contribution in [2.24, 2.45) is 0 Å². The molecular formula is C24H26FN5O2S. The number of rotatable bonds is 9. The van der Waals surface area contributed by atoms with Crippen LogP contribution in [0.25, 0.3) is 0 Å². The van der Waals surface area contributed by atoms with Gasteiger partial charge in [-0.1, -0.05) is 41.6 Å². The number of amides is 2. The lowest BCUT2D eigenvalue weighted by Gasteiger charge is -2.15. The van der Waals surface area contributed by atoms with Gasteiger partial charge >= 0.3 is 0 Å². The summed E-state index contributed by atoms with van der Waals surface area (Å²) in [6, 6.07) is 11.1. The molecule has 0 aliphatic rings. The summed E-state index contributed by atoms with van der Waals surface area (Å²) < 4.78 is 15.3. The summed E-state index contributed by atoms with van der Waals surface area (Å²) in [5, 5.41) is 14.6. The number of carbonyl (C=O) groups is 2. The number of benzene rings is 2. The Hall–Kier alpha value is -3.46. The van der Waals surface area contributed by atoms with Gasteiger partial charge in [0.05, 0.1) is 11.8 Å². The normalized spacial score (nSPS) is 11.6. The van der Waals surface area contributed by atoms with Crippen LogP contribution in [-0.4, -0.2) is 32.3 Å². The second kappa shape index (κ2) is 10.9. The van der Waals surface area contributed by atoms with E-state index >= 15 is 0 Å². The zero-order valence-corrected chi connectivity index (χ0v) is 19.6. The van der Waals surface area contributed by atoms with Gasteiger partial charge in [-0.2, -0.15) is 0 Å². The maximum Gasteiger partial charge on any atom is 0.251 e. The molecule has 2 amide bonds. The third-order valence-electron chi connectivity index (χ3n) is 4.91. The average molecular weight is 468 g/mol. The monoisotopic (exact) mass is 467 g/mol. The number of aromatic nitrogens is 3. The van der Waals surface area contributed by atoms with Crippen LogP contribution in [0.15, 0.2) is 60.3 Å². The van der Waals surface area contributed by atoms with Crippen molar-refractivity contribution in [3.63, 3.8) is 0 Å². The van der Waals surface area contributed by atoms with Crippen LogP contribution in [0.3, 0.4) is 0 Å². The summed E-state index contributed by atoms with van der Waals surface area (Å²) in [7, 11) is 0. The Morgan fingerprint density at radius 2 is 1.91 bits per heavy atom. The molecule has 0 radical (unpaired) electrons. The number of halogens is 1. The molecule has 0 saturated heterocycles. The first kappa shape index (κ1) is 24.2. The molecule has 0 aliphatic heterocycles. The molecule has 3 rings (SSSR count). The van der Waals surface area contributed by atoms with Crippen molar-refractivity contribution < 1.29 is 14.0 Å². The molecule has 33 heavy (non-hydrogen) atoms. The summed E-state index contributed by atoms with van der Waals surface area (Å²) >= 11 is 1.20. The van der Waals surface area contributed by atoms with Crippen LogP contribution in [0.5, 0.6) is 0 Å². The number of thioether (sulfide) groups is 1. The van der Waals surface area contributed by atoms with E-state index in [0.29, 0.717) is 28.8 Å². The summed E-state index contributed by atoms with van der Waals surface area (Å²) in [6.07, 6.45) is 1.70. The molecule has 2 aromatic carbocycles. The van der Waals surface area contributed by atoms with Gasteiger partial charge in [-0.25, -0.2) is 4.39 Å². The van der Waals surface area contributed by atoms with Gasteiger partial charge in [-0.05, 0) is 50.6 Å². The van der Waals surface area contributed by atoms with Crippen LogP contribution in [0.2, 0.25) is 0 Å². The highest BCUT2D eigenvalue weighted by atomic mass is 32.2. The minimum Gasteiger partial charge on any atom is -0.342 e. The Bertz CT molecular complexity index is 1160. The van der Waals surface area contributed by atoms with Gasteiger partial charge in [-0.15, -0.1) is 16.8 Å². The topological polar surface area (TPSA) is 88.9 Å². The van der Waals surface area contributed by atoms with Crippen LogP contribution in [0.4, 0.5) is 10.1 Å². The molecule has 0 saturated carbocycles. The fraction of sp³-hybridized carbons (Fsp3) is 0.250. The summed E-state index contributed by atoms with van der Waals surface area (Å²) in [6.45, 7) is 9.77. The largest absolute Gasteiger partial charge is 0.342 e. The molecule has 1 heterocycles. The molecule has 0 aliphatic carbocycles. The molecule has 0 fully saturated rings. The summed E-state index contributed by atoms with van der Waals surface area (Å²) in [4.78, 5) is 25.0. The van der Waals surface area contributed by atoms with E-state index in [9.17, 15) is 14.0 Å². The molecule has 2 N–H and O–H groups in total. The maximum absolute atomic E-state index is 13.5. The summed E-state index contributed by atoms with van der Waals surface area (Å²) in [5.41, 5.74) is 2.83. The number of aryl methyl sites for hydroxylation is 2. The molecule has 7 nitrogen and oxygen atoms in total. The van der Waals surface area contributed by atoms with Crippen LogP contribution in [0, 0.1) is 19.7 Å². The maximum atomic E-state index is 13.5. The lowest BCUT2D eigenvalue weighted by molar-refractivity contribution is -0.113. The fourth-order valence-electron chi connectivity index (χ4n) is 3.12. The zero-order chi connectivity index (χ0) is 24.0. The number of hydrogen-bond donors (Lipinski definition) is 2. The molecule has 0 spiro atoms. The Morgan fingerprint density at radius 3 is 2.61 bits per heavy atom. The van der Waals surface area contributed by atoms with Crippen LogP contribution >= 0.6 is 11.8 Å². The molecular weight excluding hydrogens is 441 g/mol. The van der Waals surface area contributed by atoms with Gasteiger partial charge in [0, 0.05) is 17.8 Å². The zero-order valence-electron chi connectivity index (χ0n) is 18.8. The quantitative estimate of drug-likeness (QED) is 0.359. The van der Waals surface area contributed by atoms with E-state index in [1.807, 2.05) is 26.0 Å². The third kappa shape index (κ3) is 6.29. The highest BCUT2D eigenvalue weighted by Crippen LogP contribution is 2.22. The molecule has 1 aromatic heterocycles. The fourth-order valence-corrected chi connectivity index (χ4v) is 3.88. The average Bonchev–Trinajstić information content (AvgIpc) is 3.18. The van der Waals surface area contributed by atoms with Gasteiger partial charge in [0.15, 0.2) is 11.0 Å². The van der Waals surface area contributed by atoms with E-state index in [0.717, 1.165) is 11.1 Å². The van der Waals surface area contributed by atoms with Gasteiger partial charge < -0.3 is 15.2 Å². The van der Waals surface area contributed by atoms with Crippen molar-refractivity contribution in [1.82, 2.24) is 20.1 Å². The van der Waals surface area contributed by atoms with Crippen molar-refractivity contribution in [1.29, 1.82) is 0 Å². The third-order valence-corrected chi connectivity index (χ3v) is 5.88. The Balaban J connectivity index is 1.67. The molecule has 3 aromatic rings. The van der Waals surface area contributed by atoms with Crippen molar-refractivity contribution in [2.45, 2.75) is 38.5 Å². The molecule has 172 valence electrons. The predicted molar refractivity (Wildman–Crippen MR) is 128 cm³/mol. The predicted octanol–water partition coefficient (Wildman–Crippen LogP) is 4.44. The lowest BCUT2D eigenvalue weighted by Crippen LogP contribution is -2.28. The SMILES string of the molecule is C=CCn1c(SCC(=O)Nc2cc(F)ccc2C)nnc1[C@@H](C)NC(=O)c1ccc(C)cc1. The Morgan fingerprint density at radius 1 is 1.18 bits per heavy atom. The second-order valence-electron chi connectivity index (χ2n) is 7.60. The number of anilines is 1. The van der Waals surface area contributed by atoms with Gasteiger partial charge in [0.25, 0.3) is 5.91 Å². The van der Waals surface area contributed by atoms with Gasteiger partial charge in [0.2, 0.25) is 5.91 Å². The van der Waals surface area contributed by atoms with E-state index in [1.165, 1.54) is 23.9 Å². The van der Waals surface area contributed by atoms with Crippen molar-refractivity contribution in [2.75, 3.05) is 11.1 Å². The number of hydrogen-bond acceptors (Lipinski definition) is 5. The highest BCUT2D eigenvalue weighted by Gasteiger charge is 2.20. The minimum absolute atomic E-state index is 0.0648. The van der Waals surface area contributed by atoms with Gasteiger partial charge in [-0.3, -0.25) is 9.59 Å². The Kier molecular flexibility index (Phi) is 8.00. The van der Waals surface area contributed by atoms with E-state index in [-0.39, 0.29) is 17.6 Å². The standard InChI is InChI=1S/C24H26FN5O2S/c1-5-12-30-22(17(4)26-23(32)18-9-6-15(2)7-10-18)28-29-24(30)33-14-21(31)27-20-13-19(25)11-8-16(20)3/h5-11,13,17H,1,12,14H2,2-4H3,(H,26,32)(H,27,31)/t17-/m1/s1. The molecule has 1 atom stereocenters. The Labute approximate surface area is 196 Å². The second-order valence-corrected chi connectivity index (χ2v) is 8.54. The highest BCUT2D eigenvalue weighted by molar-refractivity contribution is 7.99. The molecule has 0 bridgehead atoms. The lowest BCUT2D eigenvalue weighted by atomic mass is 10.1. The smallest absolute Gasteiger partial charge is 0.251 e. The van der Waals surface area contributed by atoms with Crippen molar-refractivity contribution >= 4 is 29.3 Å². The first-order valence-corrected chi connectivity index (χ1v) is 11.4. The molecule has 0 unspecified atom stereocenters. The van der Waals surface area contributed by atoms with Crippen LogP contribution in [-0.2, 0) is 11.3 Å². The minimum atomic E-state index is -0.416.